The summed E-state index contributed by atoms with van der Waals surface area (Å²) in [5.41, 5.74) is 1.10. The Hall–Kier alpha value is -0.570. The SMILES string of the molecule is CC.CSc1ncc(C)cn1. The molecule has 62 valence electrons. The summed E-state index contributed by atoms with van der Waals surface area (Å²) in [6.45, 7) is 5.98. The third-order valence-corrected chi connectivity index (χ3v) is 1.52. The van der Waals surface area contributed by atoms with Gasteiger partial charge in [0.05, 0.1) is 0 Å². The van der Waals surface area contributed by atoms with Crippen LogP contribution in [0.5, 0.6) is 0 Å². The summed E-state index contributed by atoms with van der Waals surface area (Å²) in [6.07, 6.45) is 5.60. The van der Waals surface area contributed by atoms with Gasteiger partial charge >= 0.3 is 0 Å². The summed E-state index contributed by atoms with van der Waals surface area (Å²) in [5, 5.41) is 0.834. The van der Waals surface area contributed by atoms with Gasteiger partial charge in [-0.25, -0.2) is 9.97 Å². The Bertz CT molecular complexity index is 184. The monoisotopic (exact) mass is 170 g/mol. The van der Waals surface area contributed by atoms with Crippen LogP contribution in [0.1, 0.15) is 19.4 Å². The Balaban J connectivity index is 0.000000461. The summed E-state index contributed by atoms with van der Waals surface area (Å²) >= 11 is 1.56. The Kier molecular flexibility index (Phi) is 5.84. The summed E-state index contributed by atoms with van der Waals surface area (Å²) in [6, 6.07) is 0. The third-order valence-electron chi connectivity index (χ3n) is 0.940. The lowest BCUT2D eigenvalue weighted by Crippen LogP contribution is -1.84. The molecule has 0 spiro atoms. The number of aromatic nitrogens is 2. The highest BCUT2D eigenvalue weighted by molar-refractivity contribution is 7.98. The molecular formula is C8H14N2S. The highest BCUT2D eigenvalue weighted by Crippen LogP contribution is 2.05. The van der Waals surface area contributed by atoms with Gasteiger partial charge in [-0.3, -0.25) is 0 Å². The second kappa shape index (κ2) is 6.16. The minimum atomic E-state index is 0.834. The van der Waals surface area contributed by atoms with Crippen LogP contribution in [0.2, 0.25) is 0 Å². The van der Waals surface area contributed by atoms with Gasteiger partial charge < -0.3 is 0 Å². The van der Waals surface area contributed by atoms with E-state index in [0.29, 0.717) is 0 Å². The molecular weight excluding hydrogens is 156 g/mol. The summed E-state index contributed by atoms with van der Waals surface area (Å²) in [7, 11) is 0. The molecule has 0 saturated carbocycles. The fourth-order valence-electron chi connectivity index (χ4n) is 0.486. The Morgan fingerprint density at radius 1 is 1.18 bits per heavy atom. The van der Waals surface area contributed by atoms with Crippen LogP contribution in [-0.4, -0.2) is 16.2 Å². The molecule has 1 rings (SSSR count). The molecule has 11 heavy (non-hydrogen) atoms. The van der Waals surface area contributed by atoms with E-state index in [1.165, 1.54) is 0 Å². The number of nitrogens with zero attached hydrogens (tertiary/aromatic N) is 2. The van der Waals surface area contributed by atoms with Gasteiger partial charge in [0, 0.05) is 12.4 Å². The molecule has 0 fully saturated rings. The summed E-state index contributed by atoms with van der Waals surface area (Å²) < 4.78 is 0. The molecule has 0 radical (unpaired) electrons. The second-order valence-electron chi connectivity index (χ2n) is 1.75. The van der Waals surface area contributed by atoms with Gasteiger partial charge in [-0.05, 0) is 18.7 Å². The van der Waals surface area contributed by atoms with Gasteiger partial charge in [0.2, 0.25) is 0 Å². The van der Waals surface area contributed by atoms with Gasteiger partial charge in [0.1, 0.15) is 0 Å². The van der Waals surface area contributed by atoms with Crippen LogP contribution in [0.25, 0.3) is 0 Å². The smallest absolute Gasteiger partial charge is 0.187 e. The lowest BCUT2D eigenvalue weighted by molar-refractivity contribution is 0.953. The molecule has 1 heterocycles. The van der Waals surface area contributed by atoms with Crippen LogP contribution < -0.4 is 0 Å². The van der Waals surface area contributed by atoms with Crippen molar-refractivity contribution in [3.8, 4) is 0 Å². The number of hydrogen-bond acceptors (Lipinski definition) is 3. The zero-order valence-electron chi connectivity index (χ0n) is 7.46. The average molecular weight is 170 g/mol. The highest BCUT2D eigenvalue weighted by atomic mass is 32.2. The van der Waals surface area contributed by atoms with E-state index in [2.05, 4.69) is 9.97 Å². The minimum absolute atomic E-state index is 0.834. The second-order valence-corrected chi connectivity index (χ2v) is 2.52. The van der Waals surface area contributed by atoms with Crippen molar-refractivity contribution >= 4 is 11.8 Å². The third kappa shape index (κ3) is 3.98. The molecule has 0 aliphatic carbocycles. The van der Waals surface area contributed by atoms with Crippen LogP contribution in [0.15, 0.2) is 17.6 Å². The number of aryl methyl sites for hydroxylation is 1. The number of rotatable bonds is 1. The predicted octanol–water partition coefficient (Wildman–Crippen LogP) is 2.53. The van der Waals surface area contributed by atoms with E-state index in [-0.39, 0.29) is 0 Å². The van der Waals surface area contributed by atoms with E-state index in [4.69, 9.17) is 0 Å². The molecule has 3 heteroatoms. The van der Waals surface area contributed by atoms with Gasteiger partial charge in [0.25, 0.3) is 0 Å². The van der Waals surface area contributed by atoms with Crippen molar-refractivity contribution in [2.24, 2.45) is 0 Å². The quantitative estimate of drug-likeness (QED) is 0.478. The van der Waals surface area contributed by atoms with Crippen molar-refractivity contribution in [3.63, 3.8) is 0 Å². The van der Waals surface area contributed by atoms with Crippen molar-refractivity contribution in [1.82, 2.24) is 9.97 Å². The molecule has 2 nitrogen and oxygen atoms in total. The maximum Gasteiger partial charge on any atom is 0.187 e. The Morgan fingerprint density at radius 2 is 1.64 bits per heavy atom. The first kappa shape index (κ1) is 10.4. The van der Waals surface area contributed by atoms with Crippen molar-refractivity contribution in [3.05, 3.63) is 18.0 Å². The standard InChI is InChI=1S/C6H8N2S.C2H6/c1-5-3-7-6(9-2)8-4-5;1-2/h3-4H,1-2H3;1-2H3. The average Bonchev–Trinajstić information content (AvgIpc) is 2.10. The van der Waals surface area contributed by atoms with E-state index in [9.17, 15) is 0 Å². The van der Waals surface area contributed by atoms with Crippen LogP contribution >= 0.6 is 11.8 Å². The molecule has 1 aromatic rings. The van der Waals surface area contributed by atoms with E-state index in [0.717, 1.165) is 10.7 Å². The minimum Gasteiger partial charge on any atom is -0.231 e. The predicted molar refractivity (Wildman–Crippen MR) is 49.9 cm³/mol. The fraction of sp³-hybridized carbons (Fsp3) is 0.500. The fourth-order valence-corrected chi connectivity index (χ4v) is 0.802. The van der Waals surface area contributed by atoms with Crippen molar-refractivity contribution < 1.29 is 0 Å². The van der Waals surface area contributed by atoms with Crippen molar-refractivity contribution in [2.75, 3.05) is 6.26 Å². The van der Waals surface area contributed by atoms with Crippen LogP contribution in [-0.2, 0) is 0 Å². The van der Waals surface area contributed by atoms with E-state index in [1.807, 2.05) is 39.4 Å². The first-order valence-corrected chi connectivity index (χ1v) is 4.88. The lowest BCUT2D eigenvalue weighted by atomic mass is 10.4. The maximum atomic E-state index is 4.05. The molecule has 0 aliphatic heterocycles. The molecule has 0 aliphatic rings. The van der Waals surface area contributed by atoms with Gasteiger partial charge in [-0.1, -0.05) is 25.6 Å². The molecule has 0 atom stereocenters. The number of hydrogen-bond donors (Lipinski definition) is 0. The topological polar surface area (TPSA) is 25.8 Å². The van der Waals surface area contributed by atoms with Crippen LogP contribution in [0, 0.1) is 6.92 Å². The molecule has 1 aromatic heterocycles. The molecule has 0 unspecified atom stereocenters. The van der Waals surface area contributed by atoms with E-state index >= 15 is 0 Å². The maximum absolute atomic E-state index is 4.05. The Morgan fingerprint density at radius 3 is 2.00 bits per heavy atom. The summed E-state index contributed by atoms with van der Waals surface area (Å²) in [5.74, 6) is 0. The molecule has 0 saturated heterocycles. The molecule has 0 aromatic carbocycles. The van der Waals surface area contributed by atoms with E-state index in [1.54, 1.807) is 11.8 Å². The largest absolute Gasteiger partial charge is 0.231 e. The molecule has 0 bridgehead atoms. The molecule has 0 amide bonds. The molecule has 0 N–H and O–H groups in total. The van der Waals surface area contributed by atoms with Crippen molar-refractivity contribution in [2.45, 2.75) is 25.9 Å². The normalized spacial score (nSPS) is 8.36. The van der Waals surface area contributed by atoms with E-state index < -0.39 is 0 Å². The lowest BCUT2D eigenvalue weighted by Gasteiger charge is -1.91. The van der Waals surface area contributed by atoms with Gasteiger partial charge in [-0.15, -0.1) is 0 Å². The first-order valence-electron chi connectivity index (χ1n) is 3.65. The number of thioether (sulfide) groups is 1. The highest BCUT2D eigenvalue weighted by Gasteiger charge is 1.88. The Labute approximate surface area is 72.5 Å². The first-order chi connectivity index (χ1) is 5.33. The zero-order chi connectivity index (χ0) is 8.69. The van der Waals surface area contributed by atoms with Gasteiger partial charge in [0.15, 0.2) is 5.16 Å². The summed E-state index contributed by atoms with van der Waals surface area (Å²) in [4.78, 5) is 8.10. The van der Waals surface area contributed by atoms with Gasteiger partial charge in [-0.2, -0.15) is 0 Å². The van der Waals surface area contributed by atoms with Crippen LogP contribution in [0.3, 0.4) is 0 Å². The van der Waals surface area contributed by atoms with Crippen molar-refractivity contribution in [1.29, 1.82) is 0 Å². The zero-order valence-corrected chi connectivity index (χ0v) is 8.27. The van der Waals surface area contributed by atoms with Crippen LogP contribution in [0.4, 0.5) is 0 Å².